The van der Waals surface area contributed by atoms with Crippen molar-refractivity contribution >= 4 is 5.78 Å². The molecule has 0 saturated carbocycles. The highest BCUT2D eigenvalue weighted by molar-refractivity contribution is 6.04. The minimum absolute atomic E-state index is 0.00181. The van der Waals surface area contributed by atoms with Gasteiger partial charge in [-0.3, -0.25) is 4.79 Å². The van der Waals surface area contributed by atoms with Gasteiger partial charge in [0.15, 0.2) is 5.78 Å². The van der Waals surface area contributed by atoms with E-state index >= 15 is 0 Å². The maximum atomic E-state index is 13.0. The molecule has 3 atom stereocenters. The molecule has 3 aromatic rings. The Morgan fingerprint density at radius 2 is 1.40 bits per heavy atom. The normalized spacial score (nSPS) is 14.6. The van der Waals surface area contributed by atoms with Crippen LogP contribution < -0.4 is 5.32 Å². The van der Waals surface area contributed by atoms with Gasteiger partial charge in [-0.15, -0.1) is 0 Å². The highest BCUT2D eigenvalue weighted by Crippen LogP contribution is 2.24. The van der Waals surface area contributed by atoms with Crippen molar-refractivity contribution in [1.82, 2.24) is 5.32 Å². The second-order valence-electron chi connectivity index (χ2n) is 7.64. The summed E-state index contributed by atoms with van der Waals surface area (Å²) in [5, 5.41) is 14.1. The topological polar surface area (TPSA) is 49.3 Å². The summed E-state index contributed by atoms with van der Waals surface area (Å²) in [4.78, 5) is 13.0. The highest BCUT2D eigenvalue weighted by Gasteiger charge is 2.23. The van der Waals surface area contributed by atoms with Crippen molar-refractivity contribution in [2.45, 2.75) is 32.4 Å². The van der Waals surface area contributed by atoms with E-state index in [9.17, 15) is 9.90 Å². The lowest BCUT2D eigenvalue weighted by Crippen LogP contribution is -2.31. The Balaban J connectivity index is 1.94. The SMILES string of the molecule is C[C@@H](N/C(=C\C(=O)c1ccccc1)[C@H](Cc1ccccc1)[C@@H](C)O)c1ccccc1. The molecule has 0 bridgehead atoms. The number of aliphatic hydroxyl groups excluding tert-OH is 1. The Morgan fingerprint density at radius 3 is 1.97 bits per heavy atom. The Kier molecular flexibility index (Phi) is 7.58. The van der Waals surface area contributed by atoms with Gasteiger partial charge in [0.2, 0.25) is 0 Å². The molecular weight excluding hydrogens is 370 g/mol. The molecule has 0 aliphatic heterocycles. The summed E-state index contributed by atoms with van der Waals surface area (Å²) in [6, 6.07) is 29.4. The lowest BCUT2D eigenvalue weighted by atomic mass is 9.89. The van der Waals surface area contributed by atoms with E-state index in [1.807, 2.05) is 78.9 Å². The van der Waals surface area contributed by atoms with Gasteiger partial charge in [-0.2, -0.15) is 0 Å². The first-order valence-electron chi connectivity index (χ1n) is 10.4. The average molecular weight is 400 g/mol. The van der Waals surface area contributed by atoms with Crippen LogP contribution in [0.4, 0.5) is 0 Å². The summed E-state index contributed by atoms with van der Waals surface area (Å²) in [5.74, 6) is -0.303. The van der Waals surface area contributed by atoms with Gasteiger partial charge in [0.05, 0.1) is 6.10 Å². The number of hydrogen-bond donors (Lipinski definition) is 2. The highest BCUT2D eigenvalue weighted by atomic mass is 16.3. The van der Waals surface area contributed by atoms with Crippen molar-refractivity contribution in [3.63, 3.8) is 0 Å². The molecule has 3 rings (SSSR count). The number of aliphatic hydroxyl groups is 1. The van der Waals surface area contributed by atoms with E-state index < -0.39 is 6.10 Å². The molecule has 3 heteroatoms. The number of carbonyl (C=O) groups excluding carboxylic acids is 1. The van der Waals surface area contributed by atoms with E-state index in [1.54, 1.807) is 13.0 Å². The van der Waals surface area contributed by atoms with Gasteiger partial charge in [-0.25, -0.2) is 0 Å². The van der Waals surface area contributed by atoms with Crippen LogP contribution in [0.1, 0.15) is 41.4 Å². The Bertz CT molecular complexity index is 950. The number of ketones is 1. The molecule has 2 N–H and O–H groups in total. The largest absolute Gasteiger partial charge is 0.393 e. The quantitative estimate of drug-likeness (QED) is 0.377. The number of nitrogens with one attached hydrogen (secondary N) is 1. The summed E-state index contributed by atoms with van der Waals surface area (Å²) < 4.78 is 0. The third-order valence-electron chi connectivity index (χ3n) is 5.31. The van der Waals surface area contributed by atoms with Crippen LogP contribution in [0, 0.1) is 5.92 Å². The predicted octanol–water partition coefficient (Wildman–Crippen LogP) is 5.34. The first-order chi connectivity index (χ1) is 14.5. The van der Waals surface area contributed by atoms with Gasteiger partial charge in [-0.1, -0.05) is 91.0 Å². The fourth-order valence-corrected chi connectivity index (χ4v) is 3.57. The molecule has 0 fully saturated rings. The van der Waals surface area contributed by atoms with Crippen LogP contribution in [-0.4, -0.2) is 17.0 Å². The molecule has 0 unspecified atom stereocenters. The molecule has 0 aromatic heterocycles. The molecule has 0 heterocycles. The first-order valence-corrected chi connectivity index (χ1v) is 10.4. The third kappa shape index (κ3) is 5.91. The fourth-order valence-electron chi connectivity index (χ4n) is 3.57. The molecule has 154 valence electrons. The van der Waals surface area contributed by atoms with Gasteiger partial charge >= 0.3 is 0 Å². The molecule has 30 heavy (non-hydrogen) atoms. The van der Waals surface area contributed by atoms with Gasteiger partial charge in [0.25, 0.3) is 0 Å². The second kappa shape index (κ2) is 10.6. The van der Waals surface area contributed by atoms with Crippen LogP contribution in [-0.2, 0) is 6.42 Å². The van der Waals surface area contributed by atoms with E-state index in [-0.39, 0.29) is 17.7 Å². The molecule has 0 spiro atoms. The fraction of sp³-hybridized carbons (Fsp3) is 0.222. The Hall–Kier alpha value is -3.17. The van der Waals surface area contributed by atoms with Crippen LogP contribution in [0.2, 0.25) is 0 Å². The van der Waals surface area contributed by atoms with E-state index in [0.717, 1.165) is 16.8 Å². The van der Waals surface area contributed by atoms with Crippen LogP contribution in [0.15, 0.2) is 103 Å². The molecule has 0 radical (unpaired) electrons. The molecule has 3 aromatic carbocycles. The molecular formula is C27H29NO2. The van der Waals surface area contributed by atoms with Crippen molar-refractivity contribution in [3.05, 3.63) is 119 Å². The van der Waals surface area contributed by atoms with Crippen LogP contribution in [0.5, 0.6) is 0 Å². The first kappa shape index (κ1) is 21.5. The third-order valence-corrected chi connectivity index (χ3v) is 5.31. The van der Waals surface area contributed by atoms with Crippen LogP contribution >= 0.6 is 0 Å². The molecule has 0 aliphatic rings. The number of carbonyl (C=O) groups is 1. The minimum Gasteiger partial charge on any atom is -0.393 e. The van der Waals surface area contributed by atoms with E-state index in [2.05, 4.69) is 24.4 Å². The predicted molar refractivity (Wildman–Crippen MR) is 122 cm³/mol. The van der Waals surface area contributed by atoms with E-state index in [1.165, 1.54) is 0 Å². The van der Waals surface area contributed by atoms with Crippen molar-refractivity contribution < 1.29 is 9.90 Å². The zero-order valence-corrected chi connectivity index (χ0v) is 17.5. The summed E-state index contributed by atoms with van der Waals surface area (Å²) in [6.45, 7) is 3.85. The number of hydrogen-bond acceptors (Lipinski definition) is 3. The molecule has 0 saturated heterocycles. The Labute approximate surface area is 179 Å². The van der Waals surface area contributed by atoms with Gasteiger partial charge in [0, 0.05) is 29.3 Å². The molecule has 0 aliphatic carbocycles. The van der Waals surface area contributed by atoms with Crippen molar-refractivity contribution in [2.24, 2.45) is 5.92 Å². The molecule has 0 amide bonds. The average Bonchev–Trinajstić information content (AvgIpc) is 2.78. The van der Waals surface area contributed by atoms with E-state index in [4.69, 9.17) is 0 Å². The Morgan fingerprint density at radius 1 is 0.867 bits per heavy atom. The summed E-state index contributed by atoms with van der Waals surface area (Å²) >= 11 is 0. The van der Waals surface area contributed by atoms with E-state index in [0.29, 0.717) is 12.0 Å². The standard InChI is InChI=1S/C27H29NO2/c1-20(23-14-8-4-9-15-23)28-26(19-27(30)24-16-10-5-11-17-24)25(21(2)29)18-22-12-6-3-7-13-22/h3-17,19-21,25,28-29H,18H2,1-2H3/b26-19-/t20-,21-,25-/m1/s1. The van der Waals surface area contributed by atoms with Gasteiger partial charge in [-0.05, 0) is 31.4 Å². The van der Waals surface area contributed by atoms with Gasteiger partial charge in [0.1, 0.15) is 0 Å². The summed E-state index contributed by atoms with van der Waals surface area (Å²) in [6.07, 6.45) is 1.67. The lowest BCUT2D eigenvalue weighted by Gasteiger charge is -2.28. The van der Waals surface area contributed by atoms with Crippen molar-refractivity contribution in [2.75, 3.05) is 0 Å². The minimum atomic E-state index is -0.615. The zero-order valence-electron chi connectivity index (χ0n) is 17.5. The lowest BCUT2D eigenvalue weighted by molar-refractivity contribution is 0.104. The van der Waals surface area contributed by atoms with Gasteiger partial charge < -0.3 is 10.4 Å². The molecule has 3 nitrogen and oxygen atoms in total. The monoisotopic (exact) mass is 399 g/mol. The number of allylic oxidation sites excluding steroid dienone is 1. The smallest absolute Gasteiger partial charge is 0.187 e. The summed E-state index contributed by atoms with van der Waals surface area (Å²) in [5.41, 5.74) is 3.63. The van der Waals surface area contributed by atoms with Crippen LogP contribution in [0.3, 0.4) is 0 Å². The van der Waals surface area contributed by atoms with Crippen molar-refractivity contribution in [1.29, 1.82) is 0 Å². The van der Waals surface area contributed by atoms with Crippen molar-refractivity contribution in [3.8, 4) is 0 Å². The number of benzene rings is 3. The second-order valence-corrected chi connectivity index (χ2v) is 7.64. The zero-order chi connectivity index (χ0) is 21.3. The van der Waals surface area contributed by atoms with Crippen LogP contribution in [0.25, 0.3) is 0 Å². The summed E-state index contributed by atoms with van der Waals surface area (Å²) in [7, 11) is 0. The number of rotatable bonds is 9. The maximum Gasteiger partial charge on any atom is 0.187 e. The maximum absolute atomic E-state index is 13.0.